The number of imide groups is 1. The average Bonchev–Trinajstić information content (AvgIpc) is 3.30. The molecule has 0 unspecified atom stereocenters. The maximum Gasteiger partial charge on any atom is 0.490 e. The van der Waals surface area contributed by atoms with E-state index in [1.165, 1.54) is 14.2 Å². The predicted molar refractivity (Wildman–Crippen MR) is 178 cm³/mol. The van der Waals surface area contributed by atoms with E-state index in [1.54, 1.807) is 60.7 Å². The molecule has 266 valence electrons. The van der Waals surface area contributed by atoms with Crippen molar-refractivity contribution in [3.05, 3.63) is 93.0 Å². The number of ketones is 2. The van der Waals surface area contributed by atoms with Gasteiger partial charge in [-0.15, -0.1) is 0 Å². The summed E-state index contributed by atoms with van der Waals surface area (Å²) in [4.78, 5) is 66.1. The summed E-state index contributed by atoms with van der Waals surface area (Å²) >= 11 is 12.4. The Kier molecular flexibility index (Phi) is 13.9. The molecule has 50 heavy (non-hydrogen) atoms. The Morgan fingerprint density at radius 2 is 1.54 bits per heavy atom. The third-order valence-electron chi connectivity index (χ3n) is 7.27. The van der Waals surface area contributed by atoms with E-state index in [0.717, 1.165) is 4.90 Å². The van der Waals surface area contributed by atoms with Crippen LogP contribution in [-0.4, -0.2) is 78.2 Å². The summed E-state index contributed by atoms with van der Waals surface area (Å²) in [5.74, 6) is -2.93. The molecular weight excluding hydrogens is 706 g/mol. The average molecular weight is 739 g/mol. The third kappa shape index (κ3) is 10.8. The van der Waals surface area contributed by atoms with Crippen LogP contribution < -0.4 is 15.2 Å². The van der Waals surface area contributed by atoms with Crippen LogP contribution in [0.25, 0.3) is 0 Å². The molecule has 3 aromatic rings. The highest BCUT2D eigenvalue weighted by Crippen LogP contribution is 2.28. The Morgan fingerprint density at radius 3 is 2.08 bits per heavy atom. The Hall–Kier alpha value is -4.95. The summed E-state index contributed by atoms with van der Waals surface area (Å²) in [5, 5.41) is 7.94. The Balaban J connectivity index is 0.000000872. The summed E-state index contributed by atoms with van der Waals surface area (Å²) in [6.45, 7) is 0.0789. The Labute approximate surface area is 294 Å². The predicted octanol–water partition coefficient (Wildman–Crippen LogP) is 5.76. The van der Waals surface area contributed by atoms with Crippen LogP contribution in [0.2, 0.25) is 10.0 Å². The van der Waals surface area contributed by atoms with Crippen LogP contribution in [0.3, 0.4) is 0 Å². The molecule has 4 rings (SSSR count). The van der Waals surface area contributed by atoms with Gasteiger partial charge in [-0.1, -0.05) is 47.5 Å². The summed E-state index contributed by atoms with van der Waals surface area (Å²) in [7, 11) is 3.04. The number of carboxylic acid groups (broad SMARTS) is 1. The lowest BCUT2D eigenvalue weighted by Gasteiger charge is -2.16. The fraction of sp³-hybridized carbons (Fsp3) is 0.294. The number of amides is 2. The molecule has 0 fully saturated rings. The number of hydrogen-bond acceptors (Lipinski definition) is 8. The second-order valence-electron chi connectivity index (χ2n) is 10.8. The van der Waals surface area contributed by atoms with E-state index in [-0.39, 0.29) is 67.9 Å². The highest BCUT2D eigenvalue weighted by atomic mass is 35.5. The van der Waals surface area contributed by atoms with Gasteiger partial charge in [0.15, 0.2) is 17.3 Å². The van der Waals surface area contributed by atoms with Gasteiger partial charge >= 0.3 is 12.1 Å². The van der Waals surface area contributed by atoms with Crippen molar-refractivity contribution in [2.75, 3.05) is 20.8 Å². The van der Waals surface area contributed by atoms with Crippen molar-refractivity contribution in [1.82, 2.24) is 4.90 Å². The lowest BCUT2D eigenvalue weighted by atomic mass is 9.99. The highest BCUT2D eigenvalue weighted by molar-refractivity contribution is 6.35. The van der Waals surface area contributed by atoms with Gasteiger partial charge in [-0.05, 0) is 53.9 Å². The molecule has 0 radical (unpaired) electrons. The minimum atomic E-state index is -5.08. The first-order valence-corrected chi connectivity index (χ1v) is 15.6. The van der Waals surface area contributed by atoms with Crippen molar-refractivity contribution in [3.8, 4) is 11.5 Å². The van der Waals surface area contributed by atoms with Gasteiger partial charge in [-0.25, -0.2) is 4.79 Å². The number of fused-ring (bicyclic) bond motifs is 1. The summed E-state index contributed by atoms with van der Waals surface area (Å²) in [6, 6.07) is 15.8. The lowest BCUT2D eigenvalue weighted by molar-refractivity contribution is -0.192. The summed E-state index contributed by atoms with van der Waals surface area (Å²) < 4.78 is 42.3. The summed E-state index contributed by atoms with van der Waals surface area (Å²) in [6.07, 6.45) is -4.77. The van der Waals surface area contributed by atoms with Crippen LogP contribution in [0.15, 0.2) is 65.7 Å². The van der Waals surface area contributed by atoms with E-state index >= 15 is 0 Å². The van der Waals surface area contributed by atoms with Gasteiger partial charge in [0.25, 0.3) is 11.8 Å². The first kappa shape index (κ1) is 39.5. The molecule has 3 N–H and O–H groups in total. The first-order valence-electron chi connectivity index (χ1n) is 14.8. The zero-order valence-electron chi connectivity index (χ0n) is 26.8. The number of nitrogens with zero attached hydrogens (tertiary/aromatic N) is 2. The maximum absolute atomic E-state index is 13.4. The van der Waals surface area contributed by atoms with Gasteiger partial charge in [-0.3, -0.25) is 29.1 Å². The molecular formula is C34H32Cl2F3N3O8. The largest absolute Gasteiger partial charge is 0.493 e. The smallest absolute Gasteiger partial charge is 0.490 e. The minimum Gasteiger partial charge on any atom is -0.493 e. The molecule has 0 saturated heterocycles. The highest BCUT2D eigenvalue weighted by Gasteiger charge is 2.38. The van der Waals surface area contributed by atoms with Gasteiger partial charge < -0.3 is 20.3 Å². The van der Waals surface area contributed by atoms with Crippen molar-refractivity contribution in [3.63, 3.8) is 0 Å². The molecule has 1 heterocycles. The number of nitrogens with two attached hydrogens (primary N) is 1. The van der Waals surface area contributed by atoms with Crippen LogP contribution in [0.4, 0.5) is 13.2 Å². The second kappa shape index (κ2) is 17.6. The molecule has 0 bridgehead atoms. The first-order chi connectivity index (χ1) is 23.5. The molecule has 3 aromatic carbocycles. The molecule has 0 aliphatic carbocycles. The topological polar surface area (TPSA) is 166 Å². The molecule has 1 atom stereocenters. The van der Waals surface area contributed by atoms with Crippen molar-refractivity contribution in [2.24, 2.45) is 10.7 Å². The Bertz CT molecular complexity index is 1760. The van der Waals surface area contributed by atoms with Crippen molar-refractivity contribution < 1.29 is 51.7 Å². The quantitative estimate of drug-likeness (QED) is 0.119. The normalized spacial score (nSPS) is 13.3. The molecule has 16 heteroatoms. The zero-order chi connectivity index (χ0) is 37.2. The van der Waals surface area contributed by atoms with Crippen LogP contribution >= 0.6 is 23.2 Å². The van der Waals surface area contributed by atoms with Crippen molar-refractivity contribution in [1.29, 1.82) is 0 Å². The Morgan fingerprint density at radius 1 is 0.940 bits per heavy atom. The number of halogens is 5. The van der Waals surface area contributed by atoms with Gasteiger partial charge in [0.05, 0.1) is 31.8 Å². The number of methoxy groups -OCH3 is 2. The van der Waals surface area contributed by atoms with Gasteiger partial charge in [0.2, 0.25) is 0 Å². The molecule has 0 saturated carbocycles. The van der Waals surface area contributed by atoms with Crippen LogP contribution in [-0.2, 0) is 27.2 Å². The van der Waals surface area contributed by atoms with E-state index in [2.05, 4.69) is 4.99 Å². The van der Waals surface area contributed by atoms with E-state index in [0.29, 0.717) is 43.8 Å². The number of alkyl halides is 3. The van der Waals surface area contributed by atoms with Crippen LogP contribution in [0.5, 0.6) is 11.5 Å². The number of rotatable bonds is 14. The standard InChI is InChI=1S/C32H31Cl2N3O6.C2HF3O2/c1-42-28-12-9-19(15-29(28)43-2)14-22(38)18-30(35)36-26(16-20-10-11-21(33)17-25(20)34)27(39)8-5-13-37-31(40)23-6-3-4-7-24(23)32(37)41;3-2(4,5)1(6)7/h3-4,6-7,9-12,15,17,26H,5,8,13-14,16,18H2,1-2H3,(H2,35,36);(H,6,7)/t26-;/m0./s1. The van der Waals surface area contributed by atoms with E-state index in [1.807, 2.05) is 0 Å². The number of aliphatic imine (C=N–C) groups is 1. The molecule has 2 amide bonds. The molecule has 1 aliphatic heterocycles. The number of aliphatic carboxylic acids is 1. The fourth-order valence-electron chi connectivity index (χ4n) is 4.88. The number of benzene rings is 3. The minimum absolute atomic E-state index is 0.00857. The maximum atomic E-state index is 13.4. The number of Topliss-reactive ketones (excluding diaryl/α,β-unsaturated/α-hetero) is 2. The van der Waals surface area contributed by atoms with Crippen molar-refractivity contribution >= 4 is 58.4 Å². The molecule has 11 nitrogen and oxygen atoms in total. The number of ether oxygens (including phenoxy) is 2. The van der Waals surface area contributed by atoms with E-state index in [9.17, 15) is 32.3 Å². The lowest BCUT2D eigenvalue weighted by Crippen LogP contribution is -2.32. The van der Waals surface area contributed by atoms with Crippen molar-refractivity contribution in [2.45, 2.75) is 44.3 Å². The number of carbonyl (C=O) groups excluding carboxylic acids is 4. The number of carbonyl (C=O) groups is 5. The van der Waals surface area contributed by atoms with Gasteiger partial charge in [0.1, 0.15) is 17.7 Å². The second-order valence-corrected chi connectivity index (χ2v) is 11.7. The van der Waals surface area contributed by atoms with E-state index in [4.69, 9.17) is 48.3 Å². The van der Waals surface area contributed by atoms with Crippen LogP contribution in [0.1, 0.15) is 51.1 Å². The number of hydrogen-bond donors (Lipinski definition) is 2. The number of amidine groups is 1. The van der Waals surface area contributed by atoms with Gasteiger partial charge in [0, 0.05) is 35.9 Å². The third-order valence-corrected chi connectivity index (χ3v) is 7.86. The fourth-order valence-corrected chi connectivity index (χ4v) is 5.36. The molecule has 1 aliphatic rings. The SMILES string of the molecule is COc1ccc(CC(=O)CC(N)=N[C@@H](Cc2ccc(Cl)cc2Cl)C(=O)CCCN2C(=O)c3ccccc3C2=O)cc1OC.O=C(O)C(F)(F)F. The van der Waals surface area contributed by atoms with E-state index < -0.39 is 18.2 Å². The molecule has 0 aromatic heterocycles. The monoisotopic (exact) mass is 737 g/mol. The van der Waals surface area contributed by atoms with Crippen LogP contribution in [0, 0.1) is 0 Å². The summed E-state index contributed by atoms with van der Waals surface area (Å²) in [5.41, 5.74) is 8.23. The molecule has 0 spiro atoms. The zero-order valence-corrected chi connectivity index (χ0v) is 28.3. The van der Waals surface area contributed by atoms with Gasteiger partial charge in [-0.2, -0.15) is 13.2 Å². The number of carboxylic acids is 1.